The molecule has 5 nitrogen and oxygen atoms in total. The molecule has 1 atom stereocenters. The summed E-state index contributed by atoms with van der Waals surface area (Å²) in [5.41, 5.74) is 1.21. The van der Waals surface area contributed by atoms with Crippen LogP contribution in [0.1, 0.15) is 29.7 Å². The van der Waals surface area contributed by atoms with Gasteiger partial charge in [-0.2, -0.15) is 4.31 Å². The van der Waals surface area contributed by atoms with Crippen LogP contribution in [0, 0.1) is 0 Å². The van der Waals surface area contributed by atoms with E-state index in [1.807, 2.05) is 4.90 Å². The van der Waals surface area contributed by atoms with Gasteiger partial charge in [-0.05, 0) is 36.3 Å². The van der Waals surface area contributed by atoms with Gasteiger partial charge >= 0.3 is 0 Å². The minimum atomic E-state index is -3.32. The van der Waals surface area contributed by atoms with E-state index in [1.165, 1.54) is 21.0 Å². The zero-order valence-electron chi connectivity index (χ0n) is 12.1. The van der Waals surface area contributed by atoms with E-state index in [0.29, 0.717) is 26.1 Å². The molecule has 3 heterocycles. The molecule has 116 valence electrons. The van der Waals surface area contributed by atoms with Crippen LogP contribution < -0.4 is 0 Å². The highest BCUT2D eigenvalue weighted by Crippen LogP contribution is 2.27. The van der Waals surface area contributed by atoms with Gasteiger partial charge in [0, 0.05) is 24.5 Å². The third-order valence-corrected chi connectivity index (χ3v) is 6.60. The van der Waals surface area contributed by atoms with E-state index in [2.05, 4.69) is 11.4 Å². The Balaban J connectivity index is 1.78. The van der Waals surface area contributed by atoms with Crippen molar-refractivity contribution in [2.24, 2.45) is 0 Å². The zero-order valence-corrected chi connectivity index (χ0v) is 13.8. The van der Waals surface area contributed by atoms with Crippen molar-refractivity contribution in [3.8, 4) is 0 Å². The molecule has 0 N–H and O–H groups in total. The lowest BCUT2D eigenvalue weighted by molar-refractivity contribution is -0.137. The number of nitrogens with zero attached hydrogens (tertiary/aromatic N) is 2. The molecule has 1 aromatic heterocycles. The number of fused-ring (bicyclic) bond motifs is 1. The summed E-state index contributed by atoms with van der Waals surface area (Å²) in [6, 6.07) is 1.56. The Morgan fingerprint density at radius 1 is 1.33 bits per heavy atom. The molecule has 21 heavy (non-hydrogen) atoms. The molecule has 1 fully saturated rings. The van der Waals surface area contributed by atoms with Crippen molar-refractivity contribution in [3.63, 3.8) is 0 Å². The van der Waals surface area contributed by atoms with Crippen LogP contribution in [-0.4, -0.2) is 48.9 Å². The van der Waals surface area contributed by atoms with Gasteiger partial charge in [-0.25, -0.2) is 8.42 Å². The maximum atomic E-state index is 12.8. The summed E-state index contributed by atoms with van der Waals surface area (Å²) in [4.78, 5) is 15.9. The molecule has 1 amide bonds. The molecule has 0 aliphatic carbocycles. The first-order chi connectivity index (χ1) is 9.97. The molecule has 1 saturated heterocycles. The Morgan fingerprint density at radius 3 is 2.90 bits per heavy atom. The van der Waals surface area contributed by atoms with Crippen molar-refractivity contribution in [1.82, 2.24) is 9.21 Å². The van der Waals surface area contributed by atoms with Crippen molar-refractivity contribution in [2.75, 3.05) is 19.3 Å². The SMILES string of the molecule is CS(=O)(=O)N1CCCC[C@H]1C(=O)N1CCc2sccc2C1. The van der Waals surface area contributed by atoms with E-state index < -0.39 is 16.1 Å². The van der Waals surface area contributed by atoms with E-state index >= 15 is 0 Å². The second-order valence-electron chi connectivity index (χ2n) is 5.76. The Bertz CT molecular complexity index is 638. The summed E-state index contributed by atoms with van der Waals surface area (Å²) in [5, 5.41) is 2.06. The number of thiophene rings is 1. The summed E-state index contributed by atoms with van der Waals surface area (Å²) < 4.78 is 25.2. The van der Waals surface area contributed by atoms with E-state index in [-0.39, 0.29) is 5.91 Å². The van der Waals surface area contributed by atoms with Crippen LogP contribution in [0.5, 0.6) is 0 Å². The van der Waals surface area contributed by atoms with Crippen molar-refractivity contribution in [2.45, 2.75) is 38.3 Å². The van der Waals surface area contributed by atoms with Gasteiger partial charge in [-0.15, -0.1) is 11.3 Å². The molecule has 0 unspecified atom stereocenters. The molecular formula is C14H20N2O3S2. The van der Waals surface area contributed by atoms with Crippen LogP contribution in [0.15, 0.2) is 11.4 Å². The first kappa shape index (κ1) is 15.0. The van der Waals surface area contributed by atoms with Crippen LogP contribution >= 0.6 is 11.3 Å². The Hall–Kier alpha value is -0.920. The van der Waals surface area contributed by atoms with E-state index in [1.54, 1.807) is 11.3 Å². The van der Waals surface area contributed by atoms with Gasteiger partial charge in [-0.1, -0.05) is 6.42 Å². The largest absolute Gasteiger partial charge is 0.337 e. The molecule has 2 aliphatic rings. The Morgan fingerprint density at radius 2 is 2.14 bits per heavy atom. The van der Waals surface area contributed by atoms with Crippen LogP contribution in [0.2, 0.25) is 0 Å². The van der Waals surface area contributed by atoms with Crippen molar-refractivity contribution >= 4 is 27.3 Å². The molecule has 0 spiro atoms. The quantitative estimate of drug-likeness (QED) is 0.825. The fourth-order valence-electron chi connectivity index (χ4n) is 3.20. The molecule has 0 radical (unpaired) electrons. The predicted octanol–water partition coefficient (Wildman–Crippen LogP) is 1.45. The number of hydrogen-bond acceptors (Lipinski definition) is 4. The molecule has 7 heteroatoms. The molecule has 0 bridgehead atoms. The average Bonchev–Trinajstić information content (AvgIpc) is 2.93. The number of carbonyl (C=O) groups is 1. The Labute approximate surface area is 129 Å². The number of carbonyl (C=O) groups excluding carboxylic acids is 1. The van der Waals surface area contributed by atoms with Crippen LogP contribution in [0.3, 0.4) is 0 Å². The number of amides is 1. The normalized spacial score (nSPS) is 23.9. The Kier molecular flexibility index (Phi) is 4.07. The van der Waals surface area contributed by atoms with Crippen molar-refractivity contribution in [1.29, 1.82) is 0 Å². The maximum absolute atomic E-state index is 12.8. The van der Waals surface area contributed by atoms with Crippen molar-refractivity contribution in [3.05, 3.63) is 21.9 Å². The topological polar surface area (TPSA) is 57.7 Å². The zero-order chi connectivity index (χ0) is 15.0. The van der Waals surface area contributed by atoms with Gasteiger partial charge in [0.05, 0.1) is 6.26 Å². The fourth-order valence-corrected chi connectivity index (χ4v) is 5.20. The van der Waals surface area contributed by atoms with Gasteiger partial charge in [0.15, 0.2) is 0 Å². The number of rotatable bonds is 2. The lowest BCUT2D eigenvalue weighted by Gasteiger charge is -2.37. The van der Waals surface area contributed by atoms with E-state index in [9.17, 15) is 13.2 Å². The van der Waals surface area contributed by atoms with Gasteiger partial charge in [-0.3, -0.25) is 4.79 Å². The highest BCUT2D eigenvalue weighted by atomic mass is 32.2. The summed E-state index contributed by atoms with van der Waals surface area (Å²) in [7, 11) is -3.32. The van der Waals surface area contributed by atoms with Gasteiger partial charge in [0.2, 0.25) is 15.9 Å². The minimum Gasteiger partial charge on any atom is -0.337 e. The van der Waals surface area contributed by atoms with E-state index in [4.69, 9.17) is 0 Å². The van der Waals surface area contributed by atoms with Crippen LogP contribution in [0.25, 0.3) is 0 Å². The van der Waals surface area contributed by atoms with Gasteiger partial charge < -0.3 is 4.90 Å². The first-order valence-electron chi connectivity index (χ1n) is 7.27. The van der Waals surface area contributed by atoms with Crippen LogP contribution in [-0.2, 0) is 27.8 Å². The third kappa shape index (κ3) is 3.00. The smallest absolute Gasteiger partial charge is 0.241 e. The maximum Gasteiger partial charge on any atom is 0.241 e. The number of piperidine rings is 1. The molecule has 0 saturated carbocycles. The number of sulfonamides is 1. The van der Waals surface area contributed by atoms with Crippen molar-refractivity contribution < 1.29 is 13.2 Å². The number of hydrogen-bond donors (Lipinski definition) is 0. The first-order valence-corrected chi connectivity index (χ1v) is 10.0. The minimum absolute atomic E-state index is 0.0306. The standard InChI is InChI=1S/C14H20N2O3S2/c1-21(18,19)16-7-3-2-4-12(16)14(17)15-8-5-13-11(10-15)6-9-20-13/h6,9,12H,2-5,7-8,10H2,1H3/t12-/m0/s1. The lowest BCUT2D eigenvalue weighted by Crippen LogP contribution is -2.53. The molecule has 3 rings (SSSR count). The monoisotopic (exact) mass is 328 g/mol. The highest BCUT2D eigenvalue weighted by Gasteiger charge is 2.37. The predicted molar refractivity (Wildman–Crippen MR) is 82.6 cm³/mol. The second-order valence-corrected chi connectivity index (χ2v) is 8.70. The van der Waals surface area contributed by atoms with Crippen LogP contribution in [0.4, 0.5) is 0 Å². The third-order valence-electron chi connectivity index (χ3n) is 4.28. The summed E-state index contributed by atoms with van der Waals surface area (Å²) >= 11 is 1.74. The highest BCUT2D eigenvalue weighted by molar-refractivity contribution is 7.88. The molecule has 2 aliphatic heterocycles. The summed E-state index contributed by atoms with van der Waals surface area (Å²) in [6.45, 7) is 1.78. The summed E-state index contributed by atoms with van der Waals surface area (Å²) in [5.74, 6) is -0.0306. The molecule has 0 aromatic carbocycles. The fraction of sp³-hybridized carbons (Fsp3) is 0.643. The van der Waals surface area contributed by atoms with Gasteiger partial charge in [0.25, 0.3) is 0 Å². The lowest BCUT2D eigenvalue weighted by atomic mass is 10.0. The van der Waals surface area contributed by atoms with Gasteiger partial charge in [0.1, 0.15) is 6.04 Å². The summed E-state index contributed by atoms with van der Waals surface area (Å²) in [6.07, 6.45) is 4.47. The molecule has 1 aromatic rings. The van der Waals surface area contributed by atoms with E-state index in [0.717, 1.165) is 19.3 Å². The second kappa shape index (κ2) is 5.70. The molecular weight excluding hydrogens is 308 g/mol. The average molecular weight is 328 g/mol.